The summed E-state index contributed by atoms with van der Waals surface area (Å²) in [5.74, 6) is 0.844. The van der Waals surface area contributed by atoms with Gasteiger partial charge in [0, 0.05) is 44.8 Å². The lowest BCUT2D eigenvalue weighted by Gasteiger charge is -2.15. The highest BCUT2D eigenvalue weighted by Gasteiger charge is 2.36. The summed E-state index contributed by atoms with van der Waals surface area (Å²) in [6, 6.07) is 7.02. The Morgan fingerprint density at radius 1 is 1.50 bits per heavy atom. The zero-order chi connectivity index (χ0) is 17.1. The van der Waals surface area contributed by atoms with E-state index < -0.39 is 0 Å². The summed E-state index contributed by atoms with van der Waals surface area (Å²) in [4.78, 5) is 18.3. The van der Waals surface area contributed by atoms with E-state index in [1.54, 1.807) is 24.1 Å². The largest absolute Gasteiger partial charge is 0.379 e. The number of aromatic nitrogens is 2. The van der Waals surface area contributed by atoms with E-state index in [0.29, 0.717) is 30.8 Å². The number of nitrogens with zero attached hydrogens (tertiary/aromatic N) is 4. The van der Waals surface area contributed by atoms with Crippen molar-refractivity contribution in [3.8, 4) is 6.07 Å². The van der Waals surface area contributed by atoms with Crippen molar-refractivity contribution >= 4 is 5.91 Å². The van der Waals surface area contributed by atoms with Gasteiger partial charge in [0.05, 0.1) is 17.4 Å². The predicted molar refractivity (Wildman–Crippen MR) is 84.1 cm³/mol. The number of methoxy groups -OCH3 is 1. The maximum atomic E-state index is 12.6. The molecule has 2 atom stereocenters. The van der Waals surface area contributed by atoms with Crippen molar-refractivity contribution in [1.29, 1.82) is 5.26 Å². The Labute approximate surface area is 139 Å². The molecule has 1 fully saturated rings. The maximum Gasteiger partial charge on any atom is 0.255 e. The van der Waals surface area contributed by atoms with Crippen LogP contribution in [0.1, 0.15) is 27.5 Å². The molecule has 1 amide bonds. The van der Waals surface area contributed by atoms with Crippen LogP contribution in [0.25, 0.3) is 0 Å². The highest BCUT2D eigenvalue weighted by molar-refractivity contribution is 5.94. The molecule has 124 valence electrons. The fraction of sp³-hybridized carbons (Fsp3) is 0.412. The summed E-state index contributed by atoms with van der Waals surface area (Å²) in [6.07, 6.45) is 2.07. The molecule has 3 rings (SSSR count). The number of carbonyl (C=O) groups is 1. The van der Waals surface area contributed by atoms with Crippen LogP contribution in [-0.4, -0.2) is 47.3 Å². The van der Waals surface area contributed by atoms with Crippen LogP contribution in [0.5, 0.6) is 0 Å². The third-order valence-corrected chi connectivity index (χ3v) is 4.24. The summed E-state index contributed by atoms with van der Waals surface area (Å²) in [5.41, 5.74) is 1.61. The molecule has 0 aliphatic carbocycles. The minimum Gasteiger partial charge on any atom is -0.379 e. The van der Waals surface area contributed by atoms with E-state index in [4.69, 9.17) is 14.5 Å². The number of nitriles is 1. The number of amides is 1. The van der Waals surface area contributed by atoms with Gasteiger partial charge in [-0.1, -0.05) is 5.16 Å². The molecule has 0 aromatic carbocycles. The predicted octanol–water partition coefficient (Wildman–Crippen LogP) is 1.58. The Kier molecular flexibility index (Phi) is 4.58. The first-order valence-electron chi connectivity index (χ1n) is 7.71. The zero-order valence-electron chi connectivity index (χ0n) is 13.6. The normalized spacial score (nSPS) is 20.1. The number of hydrogen-bond acceptors (Lipinski definition) is 6. The molecule has 0 bridgehead atoms. The van der Waals surface area contributed by atoms with Gasteiger partial charge in [0.25, 0.3) is 5.91 Å². The molecule has 0 radical (unpaired) electrons. The topological polar surface area (TPSA) is 92.2 Å². The Morgan fingerprint density at radius 3 is 2.92 bits per heavy atom. The fourth-order valence-corrected chi connectivity index (χ4v) is 3.01. The van der Waals surface area contributed by atoms with E-state index in [-0.39, 0.29) is 17.9 Å². The molecule has 24 heavy (non-hydrogen) atoms. The molecule has 1 aliphatic rings. The number of carbonyl (C=O) groups excluding carboxylic acids is 1. The second kappa shape index (κ2) is 6.81. The van der Waals surface area contributed by atoms with Gasteiger partial charge in [0.2, 0.25) is 0 Å². The van der Waals surface area contributed by atoms with E-state index in [9.17, 15) is 4.79 Å². The molecule has 3 heterocycles. The van der Waals surface area contributed by atoms with Crippen LogP contribution in [0.3, 0.4) is 0 Å². The smallest absolute Gasteiger partial charge is 0.255 e. The number of ether oxygens (including phenoxy) is 1. The van der Waals surface area contributed by atoms with E-state index >= 15 is 0 Å². The molecule has 1 aliphatic heterocycles. The van der Waals surface area contributed by atoms with Crippen molar-refractivity contribution in [3.05, 3.63) is 47.1 Å². The van der Waals surface area contributed by atoms with Gasteiger partial charge in [-0.2, -0.15) is 5.26 Å². The first-order valence-corrected chi connectivity index (χ1v) is 7.71. The quantitative estimate of drug-likeness (QED) is 0.847. The first kappa shape index (κ1) is 16.1. The summed E-state index contributed by atoms with van der Waals surface area (Å²) >= 11 is 0. The molecule has 7 heteroatoms. The number of hydrogen-bond donors (Lipinski definition) is 0. The molecule has 7 nitrogen and oxygen atoms in total. The Hall–Kier alpha value is -2.72. The maximum absolute atomic E-state index is 12.6. The standard InChI is InChI=1S/C17H18N4O3/c1-11-5-15(24-20-11)6-13-9-21(10-16(13)23-2)17(22)12-3-4-14(7-18)19-8-12/h3-5,8,13,16H,6,9-10H2,1-2H3. The number of likely N-dealkylation sites (tertiary alicyclic amines) is 1. The zero-order valence-corrected chi connectivity index (χ0v) is 13.6. The van der Waals surface area contributed by atoms with Crippen molar-refractivity contribution in [1.82, 2.24) is 15.0 Å². The van der Waals surface area contributed by atoms with Crippen LogP contribution in [0, 0.1) is 24.2 Å². The summed E-state index contributed by atoms with van der Waals surface area (Å²) in [7, 11) is 1.65. The third kappa shape index (κ3) is 3.29. The minimum atomic E-state index is -0.106. The Bertz CT molecular complexity index is 763. The Balaban J connectivity index is 1.70. The SMILES string of the molecule is COC1CN(C(=O)c2ccc(C#N)nc2)CC1Cc1cc(C)no1. The van der Waals surface area contributed by atoms with Crippen LogP contribution in [0.2, 0.25) is 0 Å². The molecule has 1 saturated heterocycles. The van der Waals surface area contributed by atoms with Gasteiger partial charge < -0.3 is 14.2 Å². The highest BCUT2D eigenvalue weighted by Crippen LogP contribution is 2.25. The van der Waals surface area contributed by atoms with Crippen LogP contribution in [0.15, 0.2) is 28.9 Å². The minimum absolute atomic E-state index is 0.0503. The molecule has 0 saturated carbocycles. The number of aryl methyl sites for hydroxylation is 1. The van der Waals surface area contributed by atoms with E-state index in [0.717, 1.165) is 11.5 Å². The first-order chi connectivity index (χ1) is 11.6. The fourth-order valence-electron chi connectivity index (χ4n) is 3.01. The third-order valence-electron chi connectivity index (χ3n) is 4.24. The monoisotopic (exact) mass is 326 g/mol. The molecule has 0 N–H and O–H groups in total. The number of rotatable bonds is 4. The van der Waals surface area contributed by atoms with Gasteiger partial charge in [0.15, 0.2) is 0 Å². The highest BCUT2D eigenvalue weighted by atomic mass is 16.5. The van der Waals surface area contributed by atoms with Crippen molar-refractivity contribution in [2.45, 2.75) is 19.4 Å². The van der Waals surface area contributed by atoms with Crippen LogP contribution in [0.4, 0.5) is 0 Å². The van der Waals surface area contributed by atoms with Gasteiger partial charge in [-0.25, -0.2) is 4.98 Å². The average molecular weight is 326 g/mol. The van der Waals surface area contributed by atoms with E-state index in [1.807, 2.05) is 19.1 Å². The van der Waals surface area contributed by atoms with Crippen molar-refractivity contribution in [3.63, 3.8) is 0 Å². The summed E-state index contributed by atoms with van der Waals surface area (Å²) in [6.45, 7) is 2.98. The Morgan fingerprint density at radius 2 is 2.33 bits per heavy atom. The van der Waals surface area contributed by atoms with Crippen molar-refractivity contribution in [2.24, 2.45) is 5.92 Å². The van der Waals surface area contributed by atoms with Gasteiger partial charge in [-0.05, 0) is 19.1 Å². The summed E-state index contributed by atoms with van der Waals surface area (Å²) < 4.78 is 10.8. The average Bonchev–Trinajstić information content (AvgIpc) is 3.20. The molecule has 2 unspecified atom stereocenters. The number of pyridine rings is 1. The lowest BCUT2D eigenvalue weighted by molar-refractivity contribution is 0.0672. The molecule has 2 aromatic rings. The molecule has 2 aromatic heterocycles. The van der Waals surface area contributed by atoms with E-state index in [2.05, 4.69) is 10.1 Å². The van der Waals surface area contributed by atoms with Gasteiger partial charge in [-0.3, -0.25) is 4.79 Å². The van der Waals surface area contributed by atoms with Crippen LogP contribution >= 0.6 is 0 Å². The molecule has 0 spiro atoms. The molecular formula is C17H18N4O3. The van der Waals surface area contributed by atoms with Gasteiger partial charge >= 0.3 is 0 Å². The molecular weight excluding hydrogens is 308 g/mol. The summed E-state index contributed by atoms with van der Waals surface area (Å²) in [5, 5.41) is 12.7. The van der Waals surface area contributed by atoms with Crippen LogP contribution in [-0.2, 0) is 11.2 Å². The van der Waals surface area contributed by atoms with E-state index in [1.165, 1.54) is 6.20 Å². The van der Waals surface area contributed by atoms with Gasteiger partial charge in [0.1, 0.15) is 17.5 Å². The van der Waals surface area contributed by atoms with Gasteiger partial charge in [-0.15, -0.1) is 0 Å². The van der Waals surface area contributed by atoms with Crippen molar-refractivity contribution < 1.29 is 14.1 Å². The lowest BCUT2D eigenvalue weighted by Crippen LogP contribution is -2.30. The second-order valence-electron chi connectivity index (χ2n) is 5.93. The van der Waals surface area contributed by atoms with Crippen molar-refractivity contribution in [2.75, 3.05) is 20.2 Å². The second-order valence-corrected chi connectivity index (χ2v) is 5.93. The lowest BCUT2D eigenvalue weighted by atomic mass is 10.0. The van der Waals surface area contributed by atoms with Crippen LogP contribution < -0.4 is 0 Å².